The van der Waals surface area contributed by atoms with Crippen LogP contribution in [-0.2, 0) is 6.61 Å². The summed E-state index contributed by atoms with van der Waals surface area (Å²) in [6.07, 6.45) is 1.72. The second kappa shape index (κ2) is 8.39. The molecule has 0 spiro atoms. The van der Waals surface area contributed by atoms with Crippen molar-refractivity contribution in [1.29, 1.82) is 0 Å². The molecule has 0 aliphatic heterocycles. The Morgan fingerprint density at radius 2 is 1.90 bits per heavy atom. The number of hydrogen-bond donors (Lipinski definition) is 1. The van der Waals surface area contributed by atoms with Crippen LogP contribution in [0, 0.1) is 6.92 Å². The number of ether oxygens (including phenoxy) is 1. The van der Waals surface area contributed by atoms with E-state index >= 15 is 0 Å². The summed E-state index contributed by atoms with van der Waals surface area (Å²) in [6.45, 7) is 2.36. The normalized spacial score (nSPS) is 10.5. The van der Waals surface area contributed by atoms with Crippen molar-refractivity contribution >= 4 is 11.6 Å². The van der Waals surface area contributed by atoms with E-state index in [1.807, 2.05) is 61.5 Å². The molecule has 2 heterocycles. The number of carbonyl (C=O) groups excluding carboxylic acids is 1. The standard InChI is InChI=1S/C23H19N3O3/c1-16-8-10-17(11-9-16)21-14-22(29-26-21)23(27)25-18-6-4-7-20(13-18)28-15-19-5-2-3-12-24-19/h2-14H,15H2,1H3,(H,25,27). The van der Waals surface area contributed by atoms with Gasteiger partial charge < -0.3 is 14.6 Å². The lowest BCUT2D eigenvalue weighted by atomic mass is 10.1. The highest BCUT2D eigenvalue weighted by atomic mass is 16.5. The van der Waals surface area contributed by atoms with Crippen molar-refractivity contribution in [3.8, 4) is 17.0 Å². The van der Waals surface area contributed by atoms with Gasteiger partial charge in [-0.1, -0.05) is 47.1 Å². The molecule has 0 fully saturated rings. The van der Waals surface area contributed by atoms with E-state index in [1.165, 1.54) is 0 Å². The van der Waals surface area contributed by atoms with E-state index in [1.54, 1.807) is 24.4 Å². The summed E-state index contributed by atoms with van der Waals surface area (Å²) in [5.74, 6) is 0.393. The second-order valence-corrected chi connectivity index (χ2v) is 6.53. The van der Waals surface area contributed by atoms with Gasteiger partial charge in [-0.3, -0.25) is 9.78 Å². The Balaban J connectivity index is 1.41. The number of aromatic nitrogens is 2. The molecule has 2 aromatic heterocycles. The van der Waals surface area contributed by atoms with Gasteiger partial charge in [-0.15, -0.1) is 0 Å². The number of carbonyl (C=O) groups is 1. The van der Waals surface area contributed by atoms with Crippen LogP contribution < -0.4 is 10.1 Å². The zero-order valence-electron chi connectivity index (χ0n) is 15.8. The van der Waals surface area contributed by atoms with Crippen LogP contribution in [0.4, 0.5) is 5.69 Å². The fourth-order valence-electron chi connectivity index (χ4n) is 2.74. The average Bonchev–Trinajstić information content (AvgIpc) is 3.24. The van der Waals surface area contributed by atoms with Crippen LogP contribution >= 0.6 is 0 Å². The Kier molecular flexibility index (Phi) is 5.33. The third-order valence-electron chi connectivity index (χ3n) is 4.29. The van der Waals surface area contributed by atoms with Gasteiger partial charge in [0.05, 0.1) is 5.69 Å². The van der Waals surface area contributed by atoms with Gasteiger partial charge >= 0.3 is 0 Å². The zero-order chi connectivity index (χ0) is 20.1. The van der Waals surface area contributed by atoms with Gasteiger partial charge in [0.15, 0.2) is 0 Å². The first-order chi connectivity index (χ1) is 14.2. The van der Waals surface area contributed by atoms with E-state index < -0.39 is 0 Å². The van der Waals surface area contributed by atoms with Gasteiger partial charge in [0.25, 0.3) is 5.91 Å². The number of rotatable bonds is 6. The van der Waals surface area contributed by atoms with Crippen molar-refractivity contribution < 1.29 is 14.1 Å². The molecule has 0 saturated heterocycles. The minimum atomic E-state index is -0.377. The molecular weight excluding hydrogens is 366 g/mol. The highest BCUT2D eigenvalue weighted by Gasteiger charge is 2.14. The third kappa shape index (κ3) is 4.68. The smallest absolute Gasteiger partial charge is 0.294 e. The molecule has 4 rings (SSSR count). The Morgan fingerprint density at radius 1 is 1.03 bits per heavy atom. The van der Waals surface area contributed by atoms with E-state index in [-0.39, 0.29) is 11.7 Å². The molecule has 2 aromatic carbocycles. The van der Waals surface area contributed by atoms with Crippen molar-refractivity contribution in [2.75, 3.05) is 5.32 Å². The van der Waals surface area contributed by atoms with Gasteiger partial charge in [0, 0.05) is 29.6 Å². The van der Waals surface area contributed by atoms with Crippen LogP contribution in [0.1, 0.15) is 21.8 Å². The van der Waals surface area contributed by atoms with E-state index in [0.29, 0.717) is 23.7 Å². The first-order valence-electron chi connectivity index (χ1n) is 9.15. The topological polar surface area (TPSA) is 77.2 Å². The third-order valence-corrected chi connectivity index (χ3v) is 4.29. The minimum absolute atomic E-state index is 0.139. The second-order valence-electron chi connectivity index (χ2n) is 6.53. The van der Waals surface area contributed by atoms with Crippen LogP contribution in [-0.4, -0.2) is 16.0 Å². The van der Waals surface area contributed by atoms with Crippen LogP contribution in [0.25, 0.3) is 11.3 Å². The number of hydrogen-bond acceptors (Lipinski definition) is 5. The van der Waals surface area contributed by atoms with Crippen molar-refractivity contribution in [3.63, 3.8) is 0 Å². The summed E-state index contributed by atoms with van der Waals surface area (Å²) in [6, 6.07) is 22.3. The first kappa shape index (κ1) is 18.4. The van der Waals surface area contributed by atoms with Gasteiger partial charge in [0.2, 0.25) is 5.76 Å². The molecule has 0 saturated carbocycles. The maximum Gasteiger partial charge on any atom is 0.294 e. The quantitative estimate of drug-likeness (QED) is 0.512. The molecule has 0 atom stereocenters. The minimum Gasteiger partial charge on any atom is -0.487 e. The van der Waals surface area contributed by atoms with Crippen molar-refractivity contribution in [3.05, 3.63) is 96.0 Å². The lowest BCUT2D eigenvalue weighted by Gasteiger charge is -2.08. The Labute approximate surface area is 168 Å². The van der Waals surface area contributed by atoms with E-state index in [2.05, 4.69) is 15.5 Å². The molecule has 6 nitrogen and oxygen atoms in total. The van der Waals surface area contributed by atoms with Crippen molar-refractivity contribution in [1.82, 2.24) is 10.1 Å². The van der Waals surface area contributed by atoms with Crippen LogP contribution in [0.5, 0.6) is 5.75 Å². The fourth-order valence-corrected chi connectivity index (χ4v) is 2.74. The summed E-state index contributed by atoms with van der Waals surface area (Å²) in [5, 5.41) is 6.79. The molecule has 0 aliphatic rings. The van der Waals surface area contributed by atoms with E-state index in [9.17, 15) is 4.79 Å². The van der Waals surface area contributed by atoms with Gasteiger partial charge in [-0.25, -0.2) is 0 Å². The number of nitrogens with one attached hydrogen (secondary N) is 1. The Bertz CT molecular complexity index is 1110. The summed E-state index contributed by atoms with van der Waals surface area (Å²) in [7, 11) is 0. The molecule has 1 N–H and O–H groups in total. The van der Waals surface area contributed by atoms with Gasteiger partial charge in [-0.05, 0) is 31.2 Å². The van der Waals surface area contributed by atoms with Crippen LogP contribution in [0.15, 0.2) is 83.5 Å². The molecule has 6 heteroatoms. The number of amides is 1. The Hall–Kier alpha value is -3.93. The highest BCUT2D eigenvalue weighted by Crippen LogP contribution is 2.22. The molecular formula is C23H19N3O3. The fraction of sp³-hybridized carbons (Fsp3) is 0.0870. The Morgan fingerprint density at radius 3 is 2.69 bits per heavy atom. The largest absolute Gasteiger partial charge is 0.487 e. The molecule has 29 heavy (non-hydrogen) atoms. The number of benzene rings is 2. The summed E-state index contributed by atoms with van der Waals surface area (Å²) in [5.41, 5.74) is 4.08. The zero-order valence-corrected chi connectivity index (χ0v) is 15.8. The van der Waals surface area contributed by atoms with Crippen molar-refractivity contribution in [2.45, 2.75) is 13.5 Å². The lowest BCUT2D eigenvalue weighted by Crippen LogP contribution is -2.11. The molecule has 0 aliphatic carbocycles. The number of aryl methyl sites for hydroxylation is 1. The van der Waals surface area contributed by atoms with Gasteiger partial charge in [-0.2, -0.15) is 0 Å². The lowest BCUT2D eigenvalue weighted by molar-refractivity contribution is 0.0988. The maximum absolute atomic E-state index is 12.5. The predicted molar refractivity (Wildman–Crippen MR) is 110 cm³/mol. The molecule has 144 valence electrons. The number of nitrogens with zero attached hydrogens (tertiary/aromatic N) is 2. The first-order valence-corrected chi connectivity index (χ1v) is 9.15. The summed E-state index contributed by atoms with van der Waals surface area (Å²) < 4.78 is 11.0. The number of anilines is 1. The van der Waals surface area contributed by atoms with Gasteiger partial charge in [0.1, 0.15) is 18.1 Å². The molecule has 0 unspecified atom stereocenters. The number of pyridine rings is 1. The molecule has 0 radical (unpaired) electrons. The summed E-state index contributed by atoms with van der Waals surface area (Å²) >= 11 is 0. The van der Waals surface area contributed by atoms with E-state index in [4.69, 9.17) is 9.26 Å². The maximum atomic E-state index is 12.5. The predicted octanol–water partition coefficient (Wildman–Crippen LogP) is 4.88. The highest BCUT2D eigenvalue weighted by molar-refractivity contribution is 6.02. The average molecular weight is 385 g/mol. The van der Waals surface area contributed by atoms with Crippen molar-refractivity contribution in [2.24, 2.45) is 0 Å². The van der Waals surface area contributed by atoms with E-state index in [0.717, 1.165) is 16.8 Å². The molecule has 0 bridgehead atoms. The molecule has 1 amide bonds. The monoisotopic (exact) mass is 385 g/mol. The van der Waals surface area contributed by atoms with Crippen LogP contribution in [0.2, 0.25) is 0 Å². The molecule has 4 aromatic rings. The SMILES string of the molecule is Cc1ccc(-c2cc(C(=O)Nc3cccc(OCc4ccccn4)c3)on2)cc1. The van der Waals surface area contributed by atoms with Crippen LogP contribution in [0.3, 0.4) is 0 Å². The summed E-state index contributed by atoms with van der Waals surface area (Å²) in [4.78, 5) is 16.7.